The number of carbonyl (C=O) groups excluding carboxylic acids is 1. The van der Waals surface area contributed by atoms with Gasteiger partial charge in [-0.25, -0.2) is 4.79 Å². The number of aromatic hydroxyl groups is 1. The molecule has 0 saturated carbocycles. The molecular weight excluding hydrogens is 468 g/mol. The number of aryl methyl sites for hydroxylation is 1. The molecular formula is C26H29ClN4O4. The molecule has 0 aliphatic carbocycles. The second kappa shape index (κ2) is 10.9. The molecule has 1 N–H and O–H groups in total. The highest BCUT2D eigenvalue weighted by Crippen LogP contribution is 2.34. The number of piperazine rings is 1. The van der Waals surface area contributed by atoms with E-state index in [2.05, 4.69) is 9.88 Å². The molecule has 3 heterocycles. The SMILES string of the molecule is CCOC(=O)N1CCN(C(c2ccc(Cl)cc2)c2c(O)cc(C)n(Cc3cccnc3)c2=O)CC1. The molecule has 1 amide bonds. The standard InChI is InChI=1S/C26H29ClN4O4/c1-3-35-26(34)30-13-11-29(12-14-30)24(20-6-8-21(27)9-7-20)23-22(32)15-18(2)31(25(23)33)17-19-5-4-10-28-16-19/h4-10,15-16,24,32H,3,11-14,17H2,1-2H3. The maximum absolute atomic E-state index is 13.8. The minimum Gasteiger partial charge on any atom is -0.507 e. The lowest BCUT2D eigenvalue weighted by Gasteiger charge is -2.39. The van der Waals surface area contributed by atoms with Gasteiger partial charge in [0.2, 0.25) is 0 Å². The van der Waals surface area contributed by atoms with Crippen LogP contribution in [0.5, 0.6) is 5.75 Å². The van der Waals surface area contributed by atoms with Crippen molar-refractivity contribution in [2.24, 2.45) is 0 Å². The van der Waals surface area contributed by atoms with E-state index in [1.165, 1.54) is 0 Å². The first-order valence-electron chi connectivity index (χ1n) is 11.6. The van der Waals surface area contributed by atoms with Crippen molar-refractivity contribution in [1.29, 1.82) is 0 Å². The number of pyridine rings is 2. The van der Waals surface area contributed by atoms with Gasteiger partial charge in [-0.2, -0.15) is 0 Å². The van der Waals surface area contributed by atoms with Gasteiger partial charge in [0, 0.05) is 49.3 Å². The van der Waals surface area contributed by atoms with Crippen molar-refractivity contribution in [3.05, 3.63) is 92.6 Å². The summed E-state index contributed by atoms with van der Waals surface area (Å²) in [6.07, 6.45) is 3.07. The van der Waals surface area contributed by atoms with E-state index in [0.29, 0.717) is 55.6 Å². The molecule has 8 nitrogen and oxygen atoms in total. The third kappa shape index (κ3) is 5.49. The first-order valence-corrected chi connectivity index (χ1v) is 12.0. The van der Waals surface area contributed by atoms with E-state index >= 15 is 0 Å². The van der Waals surface area contributed by atoms with Crippen molar-refractivity contribution in [2.75, 3.05) is 32.8 Å². The summed E-state index contributed by atoms with van der Waals surface area (Å²) in [5, 5.41) is 11.6. The average molecular weight is 497 g/mol. The Labute approximate surface area is 209 Å². The number of carbonyl (C=O) groups is 1. The van der Waals surface area contributed by atoms with Crippen LogP contribution in [0.2, 0.25) is 5.02 Å². The molecule has 1 saturated heterocycles. The molecule has 2 aromatic heterocycles. The summed E-state index contributed by atoms with van der Waals surface area (Å²) >= 11 is 6.14. The summed E-state index contributed by atoms with van der Waals surface area (Å²) in [7, 11) is 0. The second-order valence-corrected chi connectivity index (χ2v) is 8.95. The molecule has 9 heteroatoms. The van der Waals surface area contributed by atoms with Gasteiger partial charge < -0.3 is 19.3 Å². The Kier molecular flexibility index (Phi) is 7.73. The van der Waals surface area contributed by atoms with Gasteiger partial charge in [0.15, 0.2) is 0 Å². The molecule has 0 bridgehead atoms. The Hall–Kier alpha value is -3.36. The normalized spacial score (nSPS) is 15.1. The van der Waals surface area contributed by atoms with Crippen molar-refractivity contribution < 1.29 is 14.6 Å². The lowest BCUT2D eigenvalue weighted by molar-refractivity contribution is 0.0709. The van der Waals surface area contributed by atoms with Gasteiger partial charge in [-0.05, 0) is 49.2 Å². The van der Waals surface area contributed by atoms with Crippen LogP contribution in [-0.4, -0.2) is 63.3 Å². The maximum atomic E-state index is 13.8. The summed E-state index contributed by atoms with van der Waals surface area (Å²) in [6, 6.07) is 12.2. The van der Waals surface area contributed by atoms with Gasteiger partial charge in [0.05, 0.1) is 24.8 Å². The Morgan fingerprint density at radius 1 is 1.17 bits per heavy atom. The van der Waals surface area contributed by atoms with E-state index in [4.69, 9.17) is 16.3 Å². The van der Waals surface area contributed by atoms with Crippen LogP contribution in [0.25, 0.3) is 0 Å². The fourth-order valence-corrected chi connectivity index (χ4v) is 4.61. The van der Waals surface area contributed by atoms with Crippen LogP contribution in [-0.2, 0) is 11.3 Å². The molecule has 1 atom stereocenters. The van der Waals surface area contributed by atoms with E-state index in [1.54, 1.807) is 53.9 Å². The quantitative estimate of drug-likeness (QED) is 0.558. The smallest absolute Gasteiger partial charge is 0.409 e. The summed E-state index contributed by atoms with van der Waals surface area (Å²) in [5.41, 5.74) is 2.41. The first kappa shape index (κ1) is 24.8. The summed E-state index contributed by atoms with van der Waals surface area (Å²) in [6.45, 7) is 6.19. The third-order valence-corrected chi connectivity index (χ3v) is 6.50. The zero-order valence-electron chi connectivity index (χ0n) is 19.9. The fourth-order valence-electron chi connectivity index (χ4n) is 4.48. The number of benzene rings is 1. The van der Waals surface area contributed by atoms with Gasteiger partial charge >= 0.3 is 6.09 Å². The number of hydrogen-bond donors (Lipinski definition) is 1. The fraction of sp³-hybridized carbons (Fsp3) is 0.346. The van der Waals surface area contributed by atoms with E-state index in [0.717, 1.165) is 11.1 Å². The number of amides is 1. The summed E-state index contributed by atoms with van der Waals surface area (Å²) in [4.78, 5) is 34.0. The zero-order chi connectivity index (χ0) is 24.9. The lowest BCUT2D eigenvalue weighted by Crippen LogP contribution is -2.50. The first-order chi connectivity index (χ1) is 16.9. The molecule has 184 valence electrons. The monoisotopic (exact) mass is 496 g/mol. The molecule has 1 aromatic carbocycles. The highest BCUT2D eigenvalue weighted by Gasteiger charge is 2.32. The van der Waals surface area contributed by atoms with Crippen molar-refractivity contribution in [3.8, 4) is 5.75 Å². The van der Waals surface area contributed by atoms with E-state index in [9.17, 15) is 14.7 Å². The lowest BCUT2D eigenvalue weighted by atomic mass is 9.96. The number of nitrogens with zero attached hydrogens (tertiary/aromatic N) is 4. The number of hydrogen-bond acceptors (Lipinski definition) is 6. The third-order valence-electron chi connectivity index (χ3n) is 6.25. The number of halogens is 1. The minimum absolute atomic E-state index is 0.0530. The topological polar surface area (TPSA) is 87.9 Å². The van der Waals surface area contributed by atoms with Gasteiger partial charge in [-0.1, -0.05) is 29.8 Å². The molecule has 1 fully saturated rings. The largest absolute Gasteiger partial charge is 0.507 e. The van der Waals surface area contributed by atoms with Crippen LogP contribution in [0.4, 0.5) is 4.79 Å². The van der Waals surface area contributed by atoms with Crippen molar-refractivity contribution in [1.82, 2.24) is 19.4 Å². The Balaban J connectivity index is 1.74. The number of rotatable bonds is 6. The molecule has 1 aliphatic heterocycles. The maximum Gasteiger partial charge on any atom is 0.409 e. The van der Waals surface area contributed by atoms with Crippen molar-refractivity contribution in [3.63, 3.8) is 0 Å². The molecule has 0 radical (unpaired) electrons. The van der Waals surface area contributed by atoms with E-state index < -0.39 is 6.04 Å². The Morgan fingerprint density at radius 2 is 1.89 bits per heavy atom. The molecule has 0 spiro atoms. The summed E-state index contributed by atoms with van der Waals surface area (Å²) < 4.78 is 6.80. The molecule has 1 aliphatic rings. The van der Waals surface area contributed by atoms with Gasteiger partial charge in [-0.15, -0.1) is 0 Å². The second-order valence-electron chi connectivity index (χ2n) is 8.51. The van der Waals surface area contributed by atoms with Gasteiger partial charge in [0.1, 0.15) is 5.75 Å². The number of ether oxygens (including phenoxy) is 1. The van der Waals surface area contributed by atoms with Crippen molar-refractivity contribution >= 4 is 17.7 Å². The summed E-state index contributed by atoms with van der Waals surface area (Å²) in [5.74, 6) is -0.0530. The van der Waals surface area contributed by atoms with Crippen LogP contribution >= 0.6 is 11.6 Å². The van der Waals surface area contributed by atoms with Gasteiger partial charge in [0.25, 0.3) is 5.56 Å². The molecule has 3 aromatic rings. The van der Waals surface area contributed by atoms with Gasteiger partial charge in [-0.3, -0.25) is 14.7 Å². The van der Waals surface area contributed by atoms with Crippen LogP contribution in [0.15, 0.2) is 59.7 Å². The molecule has 1 unspecified atom stereocenters. The predicted molar refractivity (Wildman–Crippen MR) is 134 cm³/mol. The van der Waals surface area contributed by atoms with Crippen LogP contribution in [0.1, 0.15) is 35.3 Å². The highest BCUT2D eigenvalue weighted by atomic mass is 35.5. The van der Waals surface area contributed by atoms with E-state index in [-0.39, 0.29) is 17.4 Å². The van der Waals surface area contributed by atoms with Crippen LogP contribution < -0.4 is 5.56 Å². The predicted octanol–water partition coefficient (Wildman–Crippen LogP) is 3.82. The molecule has 35 heavy (non-hydrogen) atoms. The molecule has 4 rings (SSSR count). The van der Waals surface area contributed by atoms with E-state index in [1.807, 2.05) is 24.3 Å². The Bertz CT molecular complexity index is 1220. The highest BCUT2D eigenvalue weighted by molar-refractivity contribution is 6.30. The van der Waals surface area contributed by atoms with Crippen molar-refractivity contribution in [2.45, 2.75) is 26.4 Å². The zero-order valence-corrected chi connectivity index (χ0v) is 20.6. The number of aromatic nitrogens is 2. The van der Waals surface area contributed by atoms with Crippen LogP contribution in [0, 0.1) is 6.92 Å². The average Bonchev–Trinajstić information content (AvgIpc) is 2.86. The van der Waals surface area contributed by atoms with Crippen LogP contribution in [0.3, 0.4) is 0 Å². The Morgan fingerprint density at radius 3 is 2.51 bits per heavy atom. The minimum atomic E-state index is -0.509.